The van der Waals surface area contributed by atoms with Crippen LogP contribution in [0.25, 0.3) is 0 Å². The number of hydrogen-bond acceptors (Lipinski definition) is 2. The molecule has 0 heterocycles. The Hall–Kier alpha value is -1.35. The molecule has 2 atom stereocenters. The number of amides is 1. The quantitative estimate of drug-likeness (QED) is 0.906. The van der Waals surface area contributed by atoms with Crippen molar-refractivity contribution in [3.8, 4) is 0 Å². The van der Waals surface area contributed by atoms with Crippen LogP contribution in [0.5, 0.6) is 0 Å². The van der Waals surface area contributed by atoms with Crippen molar-refractivity contribution in [1.29, 1.82) is 0 Å². The van der Waals surface area contributed by atoms with Gasteiger partial charge in [-0.25, -0.2) is 0 Å². The molecule has 0 spiro atoms. The highest BCUT2D eigenvalue weighted by molar-refractivity contribution is 5.94. The molecular weight excluding hydrogens is 236 g/mol. The van der Waals surface area contributed by atoms with Gasteiger partial charge in [-0.05, 0) is 46.0 Å². The van der Waals surface area contributed by atoms with Crippen LogP contribution in [0.2, 0.25) is 0 Å². The van der Waals surface area contributed by atoms with Crippen LogP contribution in [0.15, 0.2) is 24.3 Å². The third-order valence-electron chi connectivity index (χ3n) is 4.02. The van der Waals surface area contributed by atoms with Crippen LogP contribution >= 0.6 is 0 Å². The number of aryl methyl sites for hydroxylation is 1. The van der Waals surface area contributed by atoms with E-state index in [0.29, 0.717) is 6.04 Å². The Morgan fingerprint density at radius 2 is 1.79 bits per heavy atom. The fourth-order valence-corrected chi connectivity index (χ4v) is 2.85. The summed E-state index contributed by atoms with van der Waals surface area (Å²) in [6.45, 7) is 2.03. The van der Waals surface area contributed by atoms with Gasteiger partial charge in [-0.1, -0.05) is 30.5 Å². The summed E-state index contributed by atoms with van der Waals surface area (Å²) in [5.41, 5.74) is 1.94. The van der Waals surface area contributed by atoms with Gasteiger partial charge in [0.25, 0.3) is 5.91 Å². The Bertz CT molecular complexity index is 425. The summed E-state index contributed by atoms with van der Waals surface area (Å²) in [5, 5.41) is 3.21. The molecule has 19 heavy (non-hydrogen) atoms. The first-order valence-electron chi connectivity index (χ1n) is 7.12. The molecule has 1 saturated carbocycles. The highest BCUT2D eigenvalue weighted by Crippen LogP contribution is 2.22. The van der Waals surface area contributed by atoms with E-state index in [0.717, 1.165) is 12.0 Å². The maximum atomic E-state index is 12.3. The molecule has 2 rings (SSSR count). The van der Waals surface area contributed by atoms with Gasteiger partial charge in [0.15, 0.2) is 0 Å². The molecule has 3 nitrogen and oxygen atoms in total. The Balaban J connectivity index is 2.02. The summed E-state index contributed by atoms with van der Waals surface area (Å²) in [4.78, 5) is 14.5. The van der Waals surface area contributed by atoms with E-state index >= 15 is 0 Å². The highest BCUT2D eigenvalue weighted by Gasteiger charge is 2.28. The van der Waals surface area contributed by atoms with Crippen molar-refractivity contribution in [1.82, 2.24) is 10.2 Å². The topological polar surface area (TPSA) is 32.3 Å². The summed E-state index contributed by atoms with van der Waals surface area (Å²) in [7, 11) is 4.20. The smallest absolute Gasteiger partial charge is 0.251 e. The second-order valence-electron chi connectivity index (χ2n) is 5.76. The zero-order chi connectivity index (χ0) is 13.8. The van der Waals surface area contributed by atoms with Crippen molar-refractivity contribution in [2.75, 3.05) is 14.1 Å². The number of hydrogen-bond donors (Lipinski definition) is 1. The largest absolute Gasteiger partial charge is 0.348 e. The third kappa shape index (κ3) is 3.57. The number of likely N-dealkylation sites (N-methyl/N-ethyl adjacent to an activating group) is 1. The van der Waals surface area contributed by atoms with Crippen molar-refractivity contribution in [3.63, 3.8) is 0 Å². The Morgan fingerprint density at radius 3 is 2.42 bits per heavy atom. The molecule has 1 aromatic carbocycles. The first-order chi connectivity index (χ1) is 9.08. The molecular formula is C16H24N2O. The average molecular weight is 260 g/mol. The number of nitrogens with zero attached hydrogens (tertiary/aromatic N) is 1. The van der Waals surface area contributed by atoms with Crippen molar-refractivity contribution in [3.05, 3.63) is 35.4 Å². The zero-order valence-corrected chi connectivity index (χ0v) is 12.1. The van der Waals surface area contributed by atoms with Crippen molar-refractivity contribution >= 4 is 5.91 Å². The van der Waals surface area contributed by atoms with Gasteiger partial charge in [0.05, 0.1) is 0 Å². The molecule has 0 radical (unpaired) electrons. The van der Waals surface area contributed by atoms with E-state index in [9.17, 15) is 4.79 Å². The van der Waals surface area contributed by atoms with Gasteiger partial charge >= 0.3 is 0 Å². The minimum atomic E-state index is 0.0544. The molecule has 1 fully saturated rings. The molecule has 0 aliphatic heterocycles. The predicted molar refractivity (Wildman–Crippen MR) is 78.4 cm³/mol. The lowest BCUT2D eigenvalue weighted by Gasteiger charge is -2.36. The molecule has 0 bridgehead atoms. The molecule has 1 amide bonds. The Labute approximate surface area is 116 Å². The first kappa shape index (κ1) is 14.1. The van der Waals surface area contributed by atoms with E-state index in [1.54, 1.807) is 0 Å². The van der Waals surface area contributed by atoms with Crippen molar-refractivity contribution < 1.29 is 4.79 Å². The molecule has 104 valence electrons. The summed E-state index contributed by atoms with van der Waals surface area (Å²) >= 11 is 0. The summed E-state index contributed by atoms with van der Waals surface area (Å²) in [6.07, 6.45) is 4.73. The van der Waals surface area contributed by atoms with E-state index in [1.807, 2.05) is 31.2 Å². The number of nitrogens with one attached hydrogen (secondary N) is 1. The Morgan fingerprint density at radius 1 is 1.16 bits per heavy atom. The lowest BCUT2D eigenvalue weighted by molar-refractivity contribution is 0.0883. The molecule has 1 aliphatic carbocycles. The van der Waals surface area contributed by atoms with Gasteiger partial charge in [-0.15, -0.1) is 0 Å². The zero-order valence-electron chi connectivity index (χ0n) is 12.1. The summed E-state index contributed by atoms with van der Waals surface area (Å²) in [6, 6.07) is 8.51. The molecule has 1 aliphatic rings. The minimum absolute atomic E-state index is 0.0544. The van der Waals surface area contributed by atoms with Gasteiger partial charge in [0, 0.05) is 17.6 Å². The van der Waals surface area contributed by atoms with Crippen molar-refractivity contribution in [2.24, 2.45) is 0 Å². The van der Waals surface area contributed by atoms with Crippen LogP contribution in [-0.4, -0.2) is 37.0 Å². The van der Waals surface area contributed by atoms with Crippen LogP contribution in [0.1, 0.15) is 41.6 Å². The second kappa shape index (κ2) is 6.20. The highest BCUT2D eigenvalue weighted by atomic mass is 16.1. The molecule has 0 saturated heterocycles. The standard InChI is InChI=1S/C16H24N2O/c1-12-8-10-13(11-9-12)16(19)17-14-6-4-5-7-15(14)18(2)3/h8-11,14-15H,4-7H2,1-3H3,(H,17,19). The molecule has 0 aromatic heterocycles. The van der Waals surface area contributed by atoms with Gasteiger partial charge in [0.1, 0.15) is 0 Å². The normalized spacial score (nSPS) is 23.4. The van der Waals surface area contributed by atoms with Crippen LogP contribution in [0, 0.1) is 6.92 Å². The van der Waals surface area contributed by atoms with E-state index in [4.69, 9.17) is 0 Å². The maximum Gasteiger partial charge on any atom is 0.251 e. The van der Waals surface area contributed by atoms with E-state index < -0.39 is 0 Å². The van der Waals surface area contributed by atoms with E-state index in [-0.39, 0.29) is 11.9 Å². The van der Waals surface area contributed by atoms with Gasteiger partial charge < -0.3 is 10.2 Å². The van der Waals surface area contributed by atoms with Gasteiger partial charge in [0.2, 0.25) is 0 Å². The Kier molecular flexibility index (Phi) is 4.59. The number of benzene rings is 1. The van der Waals surface area contributed by atoms with E-state index in [1.165, 1.54) is 24.8 Å². The summed E-state index contributed by atoms with van der Waals surface area (Å²) in [5.74, 6) is 0.0544. The number of carbonyl (C=O) groups is 1. The lowest BCUT2D eigenvalue weighted by atomic mass is 9.89. The van der Waals surface area contributed by atoms with Crippen LogP contribution in [0.3, 0.4) is 0 Å². The van der Waals surface area contributed by atoms with Crippen molar-refractivity contribution in [2.45, 2.75) is 44.7 Å². The maximum absolute atomic E-state index is 12.3. The van der Waals surface area contributed by atoms with Crippen LogP contribution in [-0.2, 0) is 0 Å². The fourth-order valence-electron chi connectivity index (χ4n) is 2.85. The number of rotatable bonds is 3. The lowest BCUT2D eigenvalue weighted by Crippen LogP contribution is -2.51. The second-order valence-corrected chi connectivity index (χ2v) is 5.76. The van der Waals surface area contributed by atoms with Crippen LogP contribution < -0.4 is 5.32 Å². The van der Waals surface area contributed by atoms with E-state index in [2.05, 4.69) is 24.3 Å². The summed E-state index contributed by atoms with van der Waals surface area (Å²) < 4.78 is 0. The molecule has 1 N–H and O–H groups in total. The monoisotopic (exact) mass is 260 g/mol. The SMILES string of the molecule is Cc1ccc(C(=O)NC2CCCCC2N(C)C)cc1. The van der Waals surface area contributed by atoms with Gasteiger partial charge in [-0.2, -0.15) is 0 Å². The average Bonchev–Trinajstić information content (AvgIpc) is 2.39. The third-order valence-corrected chi connectivity index (χ3v) is 4.02. The van der Waals surface area contributed by atoms with Gasteiger partial charge in [-0.3, -0.25) is 4.79 Å². The molecule has 1 aromatic rings. The first-order valence-corrected chi connectivity index (χ1v) is 7.12. The number of carbonyl (C=O) groups excluding carboxylic acids is 1. The predicted octanol–water partition coefficient (Wildman–Crippen LogP) is 2.60. The molecule has 2 unspecified atom stereocenters. The fraction of sp³-hybridized carbons (Fsp3) is 0.562. The minimum Gasteiger partial charge on any atom is -0.348 e. The molecule has 3 heteroatoms. The van der Waals surface area contributed by atoms with Crippen LogP contribution in [0.4, 0.5) is 0 Å².